The molecule has 1 unspecified atom stereocenters. The monoisotopic (exact) mass is 851 g/mol. The first-order valence-electron chi connectivity index (χ1n) is 22.9. The summed E-state index contributed by atoms with van der Waals surface area (Å²) in [5.74, 6) is -2.79. The van der Waals surface area contributed by atoms with E-state index in [1.165, 1.54) is 6.42 Å². The van der Waals surface area contributed by atoms with Crippen molar-refractivity contribution < 1.29 is 48.7 Å². The Morgan fingerprint density at radius 1 is 1.00 bits per heavy atom. The molecule has 1 amide bonds. The third kappa shape index (κ3) is 16.3. The molecule has 0 aromatic heterocycles. The number of amides is 1. The van der Waals surface area contributed by atoms with Gasteiger partial charge >= 0.3 is 0 Å². The number of nitrogens with zero attached hydrogens (tertiary/aromatic N) is 1. The highest BCUT2D eigenvalue weighted by molar-refractivity contribution is 6.39. The van der Waals surface area contributed by atoms with Gasteiger partial charge in [-0.15, -0.1) is 12.3 Å². The van der Waals surface area contributed by atoms with Gasteiger partial charge in [-0.3, -0.25) is 14.4 Å². The van der Waals surface area contributed by atoms with Crippen molar-refractivity contribution in [1.29, 1.82) is 0 Å². The Balaban J connectivity index is 1.38. The quantitative estimate of drug-likeness (QED) is 0.0448. The molecule has 2 saturated heterocycles. The number of carboxylic acid groups (broad SMARTS) is 1. The Morgan fingerprint density at radius 3 is 2.44 bits per heavy atom. The maximum absolute atomic E-state index is 13.3. The number of hydrogen-bond donors (Lipinski definition) is 2. The second kappa shape index (κ2) is 26.3. The molecule has 0 radical (unpaired) electrons. The maximum Gasteiger partial charge on any atom is 0.296 e. The predicted molar refractivity (Wildman–Crippen MR) is 236 cm³/mol. The van der Waals surface area contributed by atoms with Crippen molar-refractivity contribution in [3.63, 3.8) is 0 Å². The number of carbonyl (C=O) groups is 4. The number of allylic oxidation sites excluding steroid dienone is 7. The topological polar surface area (TPSA) is 163 Å². The molecule has 11 heteroatoms. The van der Waals surface area contributed by atoms with Gasteiger partial charge in [-0.25, -0.2) is 0 Å². The summed E-state index contributed by atoms with van der Waals surface area (Å²) in [5.41, 5.74) is 1.83. The van der Waals surface area contributed by atoms with Crippen LogP contribution < -0.4 is 5.11 Å². The molecule has 1 saturated carbocycles. The molecule has 0 spiro atoms. The highest BCUT2D eigenvalue weighted by atomic mass is 16.6. The van der Waals surface area contributed by atoms with E-state index in [0.717, 1.165) is 54.6 Å². The minimum absolute atomic E-state index is 0.0810. The number of hydrogen-bond acceptors (Lipinski definition) is 10. The lowest BCUT2D eigenvalue weighted by atomic mass is 9.80. The van der Waals surface area contributed by atoms with Crippen LogP contribution in [-0.4, -0.2) is 95.6 Å². The second-order valence-electron chi connectivity index (χ2n) is 18.3. The van der Waals surface area contributed by atoms with Crippen molar-refractivity contribution in [2.45, 2.75) is 180 Å². The van der Waals surface area contributed by atoms with Crippen LogP contribution >= 0.6 is 0 Å². The minimum atomic E-state index is -2.30. The highest BCUT2D eigenvalue weighted by Crippen LogP contribution is 2.36. The molecule has 0 bridgehead atoms. The summed E-state index contributed by atoms with van der Waals surface area (Å²) in [7, 11) is 3.39. The molecule has 2 heterocycles. The van der Waals surface area contributed by atoms with E-state index in [1.54, 1.807) is 21.1 Å². The molecule has 3 fully saturated rings. The molecule has 11 atom stereocenters. The maximum atomic E-state index is 13.3. The van der Waals surface area contributed by atoms with Crippen molar-refractivity contribution in [3.05, 3.63) is 47.6 Å². The van der Waals surface area contributed by atoms with Gasteiger partial charge in [0.05, 0.1) is 30.3 Å². The van der Waals surface area contributed by atoms with Gasteiger partial charge in [0.15, 0.2) is 0 Å². The molecule has 2 aliphatic heterocycles. The smallest absolute Gasteiger partial charge is 0.296 e. The van der Waals surface area contributed by atoms with Crippen molar-refractivity contribution in [2.24, 2.45) is 29.6 Å². The Morgan fingerprint density at radius 2 is 1.75 bits per heavy atom. The third-order valence-corrected chi connectivity index (χ3v) is 13.4. The van der Waals surface area contributed by atoms with E-state index in [-0.39, 0.29) is 36.7 Å². The van der Waals surface area contributed by atoms with Crippen molar-refractivity contribution in [3.8, 4) is 12.3 Å². The number of carbonyl (C=O) groups excluding carboxylic acids is 4. The minimum Gasteiger partial charge on any atom is -0.548 e. The Kier molecular flexibility index (Phi) is 22.4. The van der Waals surface area contributed by atoms with E-state index in [9.17, 15) is 34.5 Å². The molecule has 2 N–H and O–H groups in total. The summed E-state index contributed by atoms with van der Waals surface area (Å²) >= 11 is 0. The van der Waals surface area contributed by atoms with Gasteiger partial charge in [0.25, 0.3) is 11.7 Å². The summed E-state index contributed by atoms with van der Waals surface area (Å²) in [6.45, 7) is 9.69. The van der Waals surface area contributed by atoms with Crippen LogP contribution in [0.25, 0.3) is 0 Å². The fourth-order valence-electron chi connectivity index (χ4n) is 9.19. The first-order chi connectivity index (χ1) is 29.0. The van der Waals surface area contributed by atoms with E-state index in [0.29, 0.717) is 75.7 Å². The number of piperidine rings is 1. The van der Waals surface area contributed by atoms with E-state index in [2.05, 4.69) is 18.9 Å². The van der Waals surface area contributed by atoms with Crippen LogP contribution in [0.4, 0.5) is 0 Å². The number of carboxylic acids is 1. The van der Waals surface area contributed by atoms with Gasteiger partial charge in [0, 0.05) is 44.9 Å². The van der Waals surface area contributed by atoms with Gasteiger partial charge in [-0.05, 0) is 121 Å². The average molecular weight is 851 g/mol. The normalized spacial score (nSPS) is 27.9. The Labute approximate surface area is 366 Å². The zero-order valence-corrected chi connectivity index (χ0v) is 38.2. The molecule has 1 aliphatic carbocycles. The van der Waals surface area contributed by atoms with Crippen LogP contribution in [0.2, 0.25) is 0 Å². The number of methoxy groups -OCH3 is 2. The lowest BCUT2D eigenvalue weighted by Crippen LogP contribution is -2.61. The number of ketones is 2. The fraction of sp³-hybridized carbons (Fsp3) is 0.720. The Hall–Kier alpha value is -3.40. The summed E-state index contributed by atoms with van der Waals surface area (Å²) in [6.07, 6.45) is 29.2. The van der Waals surface area contributed by atoms with Crippen LogP contribution in [0.5, 0.6) is 0 Å². The molecule has 11 nitrogen and oxygen atoms in total. The van der Waals surface area contributed by atoms with Crippen LogP contribution in [0.15, 0.2) is 47.6 Å². The largest absolute Gasteiger partial charge is 0.548 e. The molecular weight excluding hydrogens is 775 g/mol. The van der Waals surface area contributed by atoms with E-state index in [4.69, 9.17) is 20.6 Å². The van der Waals surface area contributed by atoms with Crippen molar-refractivity contribution in [1.82, 2.24) is 4.90 Å². The zero-order chi connectivity index (χ0) is 45.1. The molecule has 0 aromatic carbocycles. The third-order valence-electron chi connectivity index (χ3n) is 13.4. The number of rotatable bonds is 24. The highest BCUT2D eigenvalue weighted by Gasteiger charge is 2.52. The fourth-order valence-corrected chi connectivity index (χ4v) is 9.19. The second-order valence-corrected chi connectivity index (χ2v) is 18.3. The summed E-state index contributed by atoms with van der Waals surface area (Å²) in [5, 5.41) is 34.1. The number of Topliss-reactive ketones (excluding diaryl/α,β-unsaturated/α-hetero) is 2. The van der Waals surface area contributed by atoms with Crippen LogP contribution in [0, 0.1) is 41.9 Å². The molecule has 342 valence electrons. The van der Waals surface area contributed by atoms with Crippen LogP contribution in [-0.2, 0) is 33.4 Å². The van der Waals surface area contributed by atoms with Crippen LogP contribution in [0.1, 0.15) is 144 Å². The van der Waals surface area contributed by atoms with Gasteiger partial charge < -0.3 is 39.2 Å². The number of likely N-dealkylation sites (tertiary alicyclic amines) is 1. The number of ether oxygens (including phenoxy) is 3. The van der Waals surface area contributed by atoms with Crippen molar-refractivity contribution >= 4 is 23.4 Å². The summed E-state index contributed by atoms with van der Waals surface area (Å²) in [4.78, 5) is 52.1. The lowest BCUT2D eigenvalue weighted by molar-refractivity contribution is -0.312. The van der Waals surface area contributed by atoms with Crippen LogP contribution in [0.3, 0.4) is 0 Å². The lowest BCUT2D eigenvalue weighted by Gasteiger charge is -2.42. The molecular formula is C50H76NO10-. The molecule has 3 rings (SSSR count). The number of aliphatic hydroxyl groups is 2. The summed E-state index contributed by atoms with van der Waals surface area (Å²) < 4.78 is 17.2. The van der Waals surface area contributed by atoms with Gasteiger partial charge in [-0.2, -0.15) is 0 Å². The number of terminal acetylenes is 1. The van der Waals surface area contributed by atoms with Gasteiger partial charge in [-0.1, -0.05) is 75.6 Å². The number of aliphatic carboxylic acids is 1. The standard InChI is InChI=1S/C50H77NO10/c1-9-39(32-40-20-17-21-42(33-40)59-7)25-28-44(52)36(4)31-37(5)46(53)45(60-8)30-35(3)19-14-12-10-11-13-18-34(2)23-26-41-27-24-38(6)50(58,61-41)47(54)48(55)51-29-16-15-22-43(51)49(56)57/h1,10-13,18,31,35-36,38-43,45-46,53,58H,14-17,19-30,32-33H2,2-8H3,(H,56,57)/p-1/b12-10+,13-11+,34-18+,37-31+/t35-,36-,38-,39?,40+,41-,42+,43+,45+,46-,50-/m1/s1. The molecule has 61 heavy (non-hydrogen) atoms. The number of aliphatic hydroxyl groups excluding tert-OH is 1. The van der Waals surface area contributed by atoms with E-state index >= 15 is 0 Å². The predicted octanol–water partition coefficient (Wildman–Crippen LogP) is 6.99. The summed E-state index contributed by atoms with van der Waals surface area (Å²) in [6, 6.07) is -1.18. The van der Waals surface area contributed by atoms with E-state index < -0.39 is 47.6 Å². The molecule has 3 aliphatic rings. The first kappa shape index (κ1) is 51.9. The van der Waals surface area contributed by atoms with Gasteiger partial charge in [0.1, 0.15) is 11.9 Å². The Bertz CT molecular complexity index is 1590. The molecule has 0 aromatic rings. The SMILES string of the molecule is C#CC(CCC(=O)[C@H](C)/C=C(\C)[C@@H](O)[C@H](C[C@H](C)CC/C=C/C=C/C=C(\C)CC[C@@H]1CC[C@@H](C)[C@](O)(C(=O)C(=O)N2CCCC[C@H]2C(=O)[O-])O1)OC)C[C@@H]1CCC[C@H](OC)C1. The first-order valence-corrected chi connectivity index (χ1v) is 22.9. The zero-order valence-electron chi connectivity index (χ0n) is 38.2. The van der Waals surface area contributed by atoms with Gasteiger partial charge in [0.2, 0.25) is 5.79 Å². The van der Waals surface area contributed by atoms with Crippen molar-refractivity contribution in [2.75, 3.05) is 20.8 Å². The average Bonchev–Trinajstić information content (AvgIpc) is 3.25. The van der Waals surface area contributed by atoms with E-state index in [1.807, 2.05) is 51.2 Å².